The number of rotatable bonds is 5. The second-order valence-corrected chi connectivity index (χ2v) is 7.89. The molecule has 0 amide bonds. The molecule has 1 rings (SSSR count). The van der Waals surface area contributed by atoms with Crippen LogP contribution in [-0.2, 0) is 15.9 Å². The third-order valence-corrected chi connectivity index (χ3v) is 4.52. The number of nitrogens with two attached hydrogens (primary N) is 1. The van der Waals surface area contributed by atoms with Crippen molar-refractivity contribution in [2.45, 2.75) is 58.8 Å². The first-order chi connectivity index (χ1) is 10.1. The molecule has 0 aliphatic heterocycles. The molecular weight excluding hydrogens is 292 g/mol. The summed E-state index contributed by atoms with van der Waals surface area (Å²) in [6, 6.07) is 4.69. The fourth-order valence-corrected chi connectivity index (χ4v) is 3.34. The van der Waals surface area contributed by atoms with Gasteiger partial charge < -0.3 is 10.5 Å². The van der Waals surface area contributed by atoms with Crippen LogP contribution in [0.15, 0.2) is 17.1 Å². The van der Waals surface area contributed by atoms with Gasteiger partial charge in [0.1, 0.15) is 0 Å². The van der Waals surface area contributed by atoms with Gasteiger partial charge in [0, 0.05) is 12.9 Å². The minimum absolute atomic E-state index is 0.1000. The molecule has 3 nitrogen and oxygen atoms in total. The van der Waals surface area contributed by atoms with E-state index in [0.717, 1.165) is 5.75 Å². The van der Waals surface area contributed by atoms with Crippen molar-refractivity contribution in [3.8, 4) is 0 Å². The molecular formula is C18H30N2OS. The van der Waals surface area contributed by atoms with Gasteiger partial charge in [0.05, 0.1) is 12.6 Å². The molecule has 2 N–H and O–H groups in total. The van der Waals surface area contributed by atoms with E-state index in [9.17, 15) is 0 Å². The van der Waals surface area contributed by atoms with Crippen LogP contribution in [0, 0.1) is 13.8 Å². The van der Waals surface area contributed by atoms with Gasteiger partial charge in [-0.25, -0.2) is 0 Å². The van der Waals surface area contributed by atoms with Crippen molar-refractivity contribution in [2.75, 3.05) is 13.7 Å². The molecule has 0 bridgehead atoms. The monoisotopic (exact) mass is 322 g/mol. The Kier molecular flexibility index (Phi) is 6.95. The number of benzene rings is 1. The Morgan fingerprint density at radius 3 is 2.27 bits per heavy atom. The largest absolute Gasteiger partial charge is 0.382 e. The summed E-state index contributed by atoms with van der Waals surface area (Å²) in [6.07, 6.45) is 0. The highest BCUT2D eigenvalue weighted by molar-refractivity contribution is 8.13. The van der Waals surface area contributed by atoms with E-state index in [-0.39, 0.29) is 11.5 Å². The standard InChI is InChI=1S/C18H30N2OS/c1-12-8-15(18(4,5)6)9-13(2)16(12)11-22-17(19)20-14(3)10-21-7/h8-9,14H,10-11H2,1-7H3,(H2,19,20)/t14-/m0/s1. The summed E-state index contributed by atoms with van der Waals surface area (Å²) < 4.78 is 5.08. The van der Waals surface area contributed by atoms with Crippen LogP contribution in [-0.4, -0.2) is 24.9 Å². The molecule has 4 heteroatoms. The van der Waals surface area contributed by atoms with Gasteiger partial charge in [-0.1, -0.05) is 44.7 Å². The molecule has 1 aromatic rings. The first-order valence-corrected chi connectivity index (χ1v) is 8.69. The minimum Gasteiger partial charge on any atom is -0.382 e. The van der Waals surface area contributed by atoms with Crippen molar-refractivity contribution >= 4 is 16.9 Å². The Morgan fingerprint density at radius 2 is 1.82 bits per heavy atom. The van der Waals surface area contributed by atoms with Gasteiger partial charge in [-0.2, -0.15) is 0 Å². The van der Waals surface area contributed by atoms with Crippen LogP contribution in [0.3, 0.4) is 0 Å². The van der Waals surface area contributed by atoms with Gasteiger partial charge in [0.15, 0.2) is 5.17 Å². The van der Waals surface area contributed by atoms with Crippen LogP contribution in [0.2, 0.25) is 0 Å². The van der Waals surface area contributed by atoms with E-state index in [1.165, 1.54) is 22.3 Å². The molecule has 0 aliphatic carbocycles. The fourth-order valence-electron chi connectivity index (χ4n) is 2.33. The highest BCUT2D eigenvalue weighted by Crippen LogP contribution is 2.28. The van der Waals surface area contributed by atoms with Crippen LogP contribution in [0.4, 0.5) is 0 Å². The van der Waals surface area contributed by atoms with Gasteiger partial charge in [0.2, 0.25) is 0 Å². The molecule has 0 saturated heterocycles. The first kappa shape index (κ1) is 19.0. The molecule has 0 aliphatic rings. The van der Waals surface area contributed by atoms with Gasteiger partial charge in [-0.05, 0) is 48.4 Å². The summed E-state index contributed by atoms with van der Waals surface area (Å²) in [5.41, 5.74) is 11.6. The molecule has 0 fully saturated rings. The first-order valence-electron chi connectivity index (χ1n) is 7.70. The lowest BCUT2D eigenvalue weighted by atomic mass is 9.84. The molecule has 0 aromatic heterocycles. The van der Waals surface area contributed by atoms with E-state index in [2.05, 4.69) is 51.7 Å². The van der Waals surface area contributed by atoms with Crippen LogP contribution in [0.25, 0.3) is 0 Å². The van der Waals surface area contributed by atoms with E-state index < -0.39 is 0 Å². The van der Waals surface area contributed by atoms with Crippen molar-refractivity contribution in [1.29, 1.82) is 0 Å². The molecule has 0 heterocycles. The quantitative estimate of drug-likeness (QED) is 0.653. The predicted molar refractivity (Wildman–Crippen MR) is 98.9 cm³/mol. The smallest absolute Gasteiger partial charge is 0.154 e. The molecule has 0 spiro atoms. The molecule has 0 radical (unpaired) electrons. The number of nitrogens with zero attached hydrogens (tertiary/aromatic N) is 1. The molecule has 1 aromatic carbocycles. The number of hydrogen-bond donors (Lipinski definition) is 1. The van der Waals surface area contributed by atoms with E-state index in [4.69, 9.17) is 10.5 Å². The Morgan fingerprint density at radius 1 is 1.27 bits per heavy atom. The summed E-state index contributed by atoms with van der Waals surface area (Å²) in [5, 5.41) is 0.628. The van der Waals surface area contributed by atoms with Crippen LogP contribution < -0.4 is 5.73 Å². The van der Waals surface area contributed by atoms with E-state index >= 15 is 0 Å². The second-order valence-electron chi connectivity index (χ2n) is 6.90. The highest BCUT2D eigenvalue weighted by atomic mass is 32.2. The lowest BCUT2D eigenvalue weighted by molar-refractivity contribution is 0.186. The van der Waals surface area contributed by atoms with Crippen LogP contribution in [0.5, 0.6) is 0 Å². The summed E-state index contributed by atoms with van der Waals surface area (Å²) in [5.74, 6) is 0.858. The number of methoxy groups -OCH3 is 1. The maximum absolute atomic E-state index is 6.01. The van der Waals surface area contributed by atoms with Crippen molar-refractivity contribution < 1.29 is 4.74 Å². The Bertz CT molecular complexity index is 509. The van der Waals surface area contributed by atoms with Crippen molar-refractivity contribution in [3.63, 3.8) is 0 Å². The SMILES string of the molecule is COC[C@H](C)N=C(N)SCc1c(C)cc(C(C)(C)C)cc1C. The van der Waals surface area contributed by atoms with Crippen LogP contribution >= 0.6 is 11.8 Å². The predicted octanol–water partition coefficient (Wildman–Crippen LogP) is 4.18. The van der Waals surface area contributed by atoms with Gasteiger partial charge in [0.25, 0.3) is 0 Å². The number of ether oxygens (including phenoxy) is 1. The number of aryl methyl sites for hydroxylation is 2. The second kappa shape index (κ2) is 8.02. The Labute approximate surface area is 139 Å². The zero-order valence-electron chi connectivity index (χ0n) is 15.0. The molecule has 0 unspecified atom stereocenters. The number of amidine groups is 1. The van der Waals surface area contributed by atoms with Crippen molar-refractivity contribution in [1.82, 2.24) is 0 Å². The average molecular weight is 323 g/mol. The van der Waals surface area contributed by atoms with Gasteiger partial charge in [-0.15, -0.1) is 0 Å². The number of aliphatic imine (C=N–C) groups is 1. The molecule has 1 atom stereocenters. The van der Waals surface area contributed by atoms with E-state index in [1.807, 2.05) is 6.92 Å². The number of hydrogen-bond acceptors (Lipinski definition) is 3. The Hall–Kier alpha value is -1.00. The molecule has 22 heavy (non-hydrogen) atoms. The summed E-state index contributed by atoms with van der Waals surface area (Å²) in [7, 11) is 1.68. The average Bonchev–Trinajstić information content (AvgIpc) is 2.36. The summed E-state index contributed by atoms with van der Waals surface area (Å²) in [4.78, 5) is 4.43. The van der Waals surface area contributed by atoms with E-state index in [0.29, 0.717) is 11.8 Å². The summed E-state index contributed by atoms with van der Waals surface area (Å²) in [6.45, 7) is 13.7. The molecule has 124 valence electrons. The highest BCUT2D eigenvalue weighted by Gasteiger charge is 2.16. The third-order valence-electron chi connectivity index (χ3n) is 3.68. The zero-order valence-corrected chi connectivity index (χ0v) is 15.8. The van der Waals surface area contributed by atoms with Gasteiger partial charge in [-0.3, -0.25) is 4.99 Å². The maximum atomic E-state index is 6.01. The van der Waals surface area contributed by atoms with Crippen LogP contribution in [0.1, 0.15) is 49.9 Å². The van der Waals surface area contributed by atoms with E-state index in [1.54, 1.807) is 18.9 Å². The van der Waals surface area contributed by atoms with Gasteiger partial charge >= 0.3 is 0 Å². The van der Waals surface area contributed by atoms with Crippen molar-refractivity contribution in [3.05, 3.63) is 34.4 Å². The minimum atomic E-state index is 0.1000. The fraction of sp³-hybridized carbons (Fsp3) is 0.611. The third kappa shape index (κ3) is 5.65. The zero-order chi connectivity index (χ0) is 16.9. The lowest BCUT2D eigenvalue weighted by Crippen LogP contribution is -2.15. The normalized spacial score (nSPS) is 14.2. The topological polar surface area (TPSA) is 47.6 Å². The number of thioether (sulfide) groups is 1. The summed E-state index contributed by atoms with van der Waals surface area (Å²) >= 11 is 1.60. The molecule has 0 saturated carbocycles. The maximum Gasteiger partial charge on any atom is 0.154 e. The Balaban J connectivity index is 2.83. The van der Waals surface area contributed by atoms with Crippen molar-refractivity contribution in [2.24, 2.45) is 10.7 Å². The lowest BCUT2D eigenvalue weighted by Gasteiger charge is -2.22.